The maximum Gasteiger partial charge on any atom is 0.338 e. The summed E-state index contributed by atoms with van der Waals surface area (Å²) in [7, 11) is 0. The van der Waals surface area contributed by atoms with E-state index in [0.717, 1.165) is 6.26 Å². The van der Waals surface area contributed by atoms with E-state index in [4.69, 9.17) is 15.3 Å². The molecule has 0 amide bonds. The Balaban J connectivity index is 3.88. The molecule has 0 aromatic heterocycles. The number of ether oxygens (including phenoxy) is 1. The van der Waals surface area contributed by atoms with Crippen LogP contribution in [0.15, 0.2) is 25.2 Å². The van der Waals surface area contributed by atoms with E-state index < -0.39 is 11.7 Å². The molecule has 0 unspecified atom stereocenters. The van der Waals surface area contributed by atoms with Crippen molar-refractivity contribution in [3.05, 3.63) is 25.2 Å². The standard InChI is InChI=1S/C5H8O4/c1-3-9-4(2)5(6,7)8/h3,6-8H,1-2H2. The SMILES string of the molecule is C=COC(=C)C(O)(O)O. The van der Waals surface area contributed by atoms with Crippen LogP contribution >= 0.6 is 0 Å². The van der Waals surface area contributed by atoms with E-state index in [1.807, 2.05) is 0 Å². The first-order chi connectivity index (χ1) is 3.98. The van der Waals surface area contributed by atoms with Gasteiger partial charge in [0.2, 0.25) is 0 Å². The van der Waals surface area contributed by atoms with Gasteiger partial charge >= 0.3 is 5.97 Å². The largest absolute Gasteiger partial charge is 0.462 e. The van der Waals surface area contributed by atoms with Gasteiger partial charge in [-0.3, -0.25) is 0 Å². The summed E-state index contributed by atoms with van der Waals surface area (Å²) >= 11 is 0. The minimum Gasteiger partial charge on any atom is -0.462 e. The van der Waals surface area contributed by atoms with E-state index in [1.165, 1.54) is 0 Å². The van der Waals surface area contributed by atoms with E-state index in [-0.39, 0.29) is 0 Å². The van der Waals surface area contributed by atoms with Crippen molar-refractivity contribution >= 4 is 0 Å². The Morgan fingerprint density at radius 3 is 2.00 bits per heavy atom. The Morgan fingerprint density at radius 1 is 1.44 bits per heavy atom. The molecule has 0 fully saturated rings. The summed E-state index contributed by atoms with van der Waals surface area (Å²) in [4.78, 5) is 0. The smallest absolute Gasteiger partial charge is 0.338 e. The Morgan fingerprint density at radius 2 is 1.89 bits per heavy atom. The number of hydrogen-bond acceptors (Lipinski definition) is 4. The number of hydrogen-bond donors (Lipinski definition) is 3. The highest BCUT2D eigenvalue weighted by atomic mass is 16.7. The average molecular weight is 132 g/mol. The van der Waals surface area contributed by atoms with Gasteiger partial charge in [-0.15, -0.1) is 0 Å². The van der Waals surface area contributed by atoms with Crippen LogP contribution in [0.4, 0.5) is 0 Å². The van der Waals surface area contributed by atoms with Crippen molar-refractivity contribution in [3.63, 3.8) is 0 Å². The Hall–Kier alpha value is -0.840. The van der Waals surface area contributed by atoms with E-state index in [0.29, 0.717) is 0 Å². The van der Waals surface area contributed by atoms with Crippen molar-refractivity contribution in [1.82, 2.24) is 0 Å². The van der Waals surface area contributed by atoms with Gasteiger partial charge < -0.3 is 20.1 Å². The van der Waals surface area contributed by atoms with Crippen LogP contribution in [0.2, 0.25) is 0 Å². The molecule has 0 spiro atoms. The quantitative estimate of drug-likeness (QED) is 0.350. The normalized spacial score (nSPS) is 10.6. The van der Waals surface area contributed by atoms with Gasteiger partial charge in [-0.25, -0.2) is 0 Å². The predicted octanol–water partition coefficient (Wildman–Crippen LogP) is -0.709. The molecular weight excluding hydrogens is 124 g/mol. The second-order valence-electron chi connectivity index (χ2n) is 1.34. The number of aliphatic hydroxyl groups is 3. The summed E-state index contributed by atoms with van der Waals surface area (Å²) in [5.74, 6) is -3.56. The molecule has 0 aromatic rings. The van der Waals surface area contributed by atoms with Crippen LogP contribution in [-0.4, -0.2) is 21.3 Å². The highest BCUT2D eigenvalue weighted by Gasteiger charge is 2.24. The molecule has 0 heterocycles. The highest BCUT2D eigenvalue weighted by Crippen LogP contribution is 2.07. The zero-order chi connectivity index (χ0) is 7.49. The Bertz CT molecular complexity index is 121. The average Bonchev–Trinajstić information content (AvgIpc) is 1.64. The van der Waals surface area contributed by atoms with Gasteiger partial charge in [-0.2, -0.15) is 0 Å². The van der Waals surface area contributed by atoms with Crippen LogP contribution in [-0.2, 0) is 4.74 Å². The Labute approximate surface area is 52.3 Å². The molecule has 3 N–H and O–H groups in total. The third kappa shape index (κ3) is 2.86. The summed E-state index contributed by atoms with van der Waals surface area (Å²) in [5.41, 5.74) is 0. The van der Waals surface area contributed by atoms with Crippen LogP contribution in [0.3, 0.4) is 0 Å². The molecule has 0 bridgehead atoms. The molecule has 0 aliphatic heterocycles. The first-order valence-corrected chi connectivity index (χ1v) is 2.12. The second kappa shape index (κ2) is 2.63. The van der Waals surface area contributed by atoms with Crippen molar-refractivity contribution in [1.29, 1.82) is 0 Å². The lowest BCUT2D eigenvalue weighted by Gasteiger charge is -2.14. The fourth-order valence-electron chi connectivity index (χ4n) is 0.180. The maximum absolute atomic E-state index is 8.26. The van der Waals surface area contributed by atoms with Gasteiger partial charge in [0.1, 0.15) is 0 Å². The molecule has 0 rings (SSSR count). The molecule has 52 valence electrons. The summed E-state index contributed by atoms with van der Waals surface area (Å²) < 4.78 is 4.23. The molecular formula is C5H8O4. The predicted molar refractivity (Wildman–Crippen MR) is 29.8 cm³/mol. The number of rotatable bonds is 3. The zero-order valence-corrected chi connectivity index (χ0v) is 4.74. The Kier molecular flexibility index (Phi) is 2.39. The lowest BCUT2D eigenvalue weighted by atomic mass is 10.5. The van der Waals surface area contributed by atoms with Crippen LogP contribution in [0.25, 0.3) is 0 Å². The molecule has 0 saturated heterocycles. The first-order valence-electron chi connectivity index (χ1n) is 2.12. The van der Waals surface area contributed by atoms with E-state index in [9.17, 15) is 0 Å². The molecule has 0 aromatic carbocycles. The summed E-state index contributed by atoms with van der Waals surface area (Å²) in [5, 5.41) is 24.8. The monoisotopic (exact) mass is 132 g/mol. The minimum absolute atomic E-state index is 0.586. The second-order valence-corrected chi connectivity index (χ2v) is 1.34. The van der Waals surface area contributed by atoms with E-state index in [2.05, 4.69) is 17.9 Å². The summed E-state index contributed by atoms with van der Waals surface area (Å²) in [6, 6.07) is 0. The molecule has 0 radical (unpaired) electrons. The molecule has 0 aliphatic rings. The fraction of sp³-hybridized carbons (Fsp3) is 0.200. The molecule has 0 atom stereocenters. The van der Waals surface area contributed by atoms with Crippen molar-refractivity contribution < 1.29 is 20.1 Å². The molecule has 0 saturated carbocycles. The molecule has 4 heteroatoms. The molecule has 9 heavy (non-hydrogen) atoms. The van der Waals surface area contributed by atoms with Crippen LogP contribution in [0, 0.1) is 0 Å². The van der Waals surface area contributed by atoms with E-state index >= 15 is 0 Å². The van der Waals surface area contributed by atoms with Gasteiger partial charge in [0.15, 0.2) is 5.76 Å². The van der Waals surface area contributed by atoms with Gasteiger partial charge in [-0.05, 0) is 0 Å². The van der Waals surface area contributed by atoms with Crippen LogP contribution in [0.1, 0.15) is 0 Å². The zero-order valence-electron chi connectivity index (χ0n) is 4.74. The minimum atomic E-state index is -2.98. The van der Waals surface area contributed by atoms with Gasteiger partial charge in [0.25, 0.3) is 0 Å². The summed E-state index contributed by atoms with van der Waals surface area (Å²) in [6.07, 6.45) is 0.916. The lowest BCUT2D eigenvalue weighted by Crippen LogP contribution is -2.29. The van der Waals surface area contributed by atoms with Crippen LogP contribution < -0.4 is 0 Å². The highest BCUT2D eigenvalue weighted by molar-refractivity contribution is 4.91. The molecule has 0 aliphatic carbocycles. The fourth-order valence-corrected chi connectivity index (χ4v) is 0.180. The van der Waals surface area contributed by atoms with Crippen LogP contribution in [0.5, 0.6) is 0 Å². The van der Waals surface area contributed by atoms with Crippen molar-refractivity contribution in [2.45, 2.75) is 5.97 Å². The van der Waals surface area contributed by atoms with Crippen molar-refractivity contribution in [2.75, 3.05) is 0 Å². The van der Waals surface area contributed by atoms with Gasteiger partial charge in [0, 0.05) is 0 Å². The summed E-state index contributed by atoms with van der Waals surface area (Å²) in [6.45, 7) is 6.07. The van der Waals surface area contributed by atoms with Crippen molar-refractivity contribution in [2.24, 2.45) is 0 Å². The van der Waals surface area contributed by atoms with Gasteiger partial charge in [0.05, 0.1) is 6.26 Å². The molecule has 4 nitrogen and oxygen atoms in total. The van der Waals surface area contributed by atoms with E-state index in [1.54, 1.807) is 0 Å². The topological polar surface area (TPSA) is 69.9 Å². The first kappa shape index (κ1) is 8.16. The lowest BCUT2D eigenvalue weighted by molar-refractivity contribution is -0.298. The van der Waals surface area contributed by atoms with Crippen molar-refractivity contribution in [3.8, 4) is 0 Å². The maximum atomic E-state index is 8.26. The van der Waals surface area contributed by atoms with Gasteiger partial charge in [-0.1, -0.05) is 13.2 Å². The third-order valence-corrected chi connectivity index (χ3v) is 0.600. The third-order valence-electron chi connectivity index (χ3n) is 0.600.